The first kappa shape index (κ1) is 11.2. The SMILES string of the molecule is C=CCCN1CC(=O)NC(C)(C2CC2)C1=O. The van der Waals surface area contributed by atoms with Crippen molar-refractivity contribution in [2.45, 2.75) is 31.7 Å². The number of amides is 2. The highest BCUT2D eigenvalue weighted by Gasteiger charge is 2.52. The highest BCUT2D eigenvalue weighted by molar-refractivity contribution is 5.98. The van der Waals surface area contributed by atoms with E-state index in [-0.39, 0.29) is 18.4 Å². The summed E-state index contributed by atoms with van der Waals surface area (Å²) < 4.78 is 0. The lowest BCUT2D eigenvalue weighted by molar-refractivity contribution is -0.150. The van der Waals surface area contributed by atoms with E-state index < -0.39 is 5.54 Å². The molecule has 0 bridgehead atoms. The van der Waals surface area contributed by atoms with Crippen LogP contribution in [0.5, 0.6) is 0 Å². The van der Waals surface area contributed by atoms with Gasteiger partial charge in [-0.3, -0.25) is 9.59 Å². The fourth-order valence-corrected chi connectivity index (χ4v) is 2.32. The maximum atomic E-state index is 12.3. The zero-order chi connectivity index (χ0) is 11.8. The Bertz CT molecular complexity index is 336. The van der Waals surface area contributed by atoms with Crippen molar-refractivity contribution in [3.8, 4) is 0 Å². The summed E-state index contributed by atoms with van der Waals surface area (Å²) in [7, 11) is 0. The van der Waals surface area contributed by atoms with Crippen molar-refractivity contribution in [1.29, 1.82) is 0 Å². The molecule has 2 fully saturated rings. The Balaban J connectivity index is 2.12. The van der Waals surface area contributed by atoms with Crippen LogP contribution in [-0.2, 0) is 9.59 Å². The lowest BCUT2D eigenvalue weighted by Gasteiger charge is -2.40. The van der Waals surface area contributed by atoms with Crippen LogP contribution in [0.3, 0.4) is 0 Å². The molecular weight excluding hydrogens is 204 g/mol. The molecule has 1 saturated carbocycles. The molecule has 1 unspecified atom stereocenters. The van der Waals surface area contributed by atoms with Crippen molar-refractivity contribution in [1.82, 2.24) is 10.2 Å². The van der Waals surface area contributed by atoms with Gasteiger partial charge >= 0.3 is 0 Å². The third-order valence-electron chi connectivity index (χ3n) is 3.46. The number of nitrogens with zero attached hydrogens (tertiary/aromatic N) is 1. The van der Waals surface area contributed by atoms with Gasteiger partial charge in [-0.2, -0.15) is 0 Å². The third-order valence-corrected chi connectivity index (χ3v) is 3.46. The number of hydrogen-bond acceptors (Lipinski definition) is 2. The average molecular weight is 222 g/mol. The maximum Gasteiger partial charge on any atom is 0.248 e. The monoisotopic (exact) mass is 222 g/mol. The van der Waals surface area contributed by atoms with Crippen LogP contribution in [0.25, 0.3) is 0 Å². The molecule has 2 amide bonds. The Morgan fingerprint density at radius 3 is 2.81 bits per heavy atom. The number of nitrogens with one attached hydrogen (secondary N) is 1. The van der Waals surface area contributed by atoms with Crippen molar-refractivity contribution in [2.24, 2.45) is 5.92 Å². The highest BCUT2D eigenvalue weighted by atomic mass is 16.2. The van der Waals surface area contributed by atoms with Gasteiger partial charge < -0.3 is 10.2 Å². The Hall–Kier alpha value is -1.32. The molecule has 2 rings (SSSR count). The first-order chi connectivity index (χ1) is 7.58. The van der Waals surface area contributed by atoms with E-state index in [4.69, 9.17) is 0 Å². The zero-order valence-corrected chi connectivity index (χ0v) is 9.66. The molecule has 0 aromatic carbocycles. The van der Waals surface area contributed by atoms with Gasteiger partial charge in [0.2, 0.25) is 11.8 Å². The number of hydrogen-bond donors (Lipinski definition) is 1. The molecule has 1 aliphatic carbocycles. The summed E-state index contributed by atoms with van der Waals surface area (Å²) in [4.78, 5) is 25.5. The van der Waals surface area contributed by atoms with E-state index in [1.807, 2.05) is 6.92 Å². The molecule has 1 aliphatic heterocycles. The second-order valence-electron chi connectivity index (χ2n) is 4.83. The van der Waals surface area contributed by atoms with Crippen molar-refractivity contribution >= 4 is 11.8 Å². The molecule has 0 radical (unpaired) electrons. The van der Waals surface area contributed by atoms with Crippen LogP contribution in [0.4, 0.5) is 0 Å². The molecule has 4 heteroatoms. The minimum absolute atomic E-state index is 0.0435. The summed E-state index contributed by atoms with van der Waals surface area (Å²) in [6.07, 6.45) is 4.59. The smallest absolute Gasteiger partial charge is 0.248 e. The van der Waals surface area contributed by atoms with Crippen LogP contribution in [0, 0.1) is 5.92 Å². The van der Waals surface area contributed by atoms with E-state index >= 15 is 0 Å². The summed E-state index contributed by atoms with van der Waals surface area (Å²) in [5.74, 6) is 0.352. The molecule has 2 aliphatic rings. The molecule has 0 spiro atoms. The Kier molecular flexibility index (Phi) is 2.74. The van der Waals surface area contributed by atoms with Crippen LogP contribution in [0.1, 0.15) is 26.2 Å². The minimum Gasteiger partial charge on any atom is -0.340 e. The first-order valence-electron chi connectivity index (χ1n) is 5.79. The standard InChI is InChI=1S/C12H18N2O2/c1-3-4-7-14-8-10(15)13-12(2,11(14)16)9-5-6-9/h3,9H,1,4-8H2,2H3,(H,13,15). The van der Waals surface area contributed by atoms with Crippen molar-refractivity contribution in [2.75, 3.05) is 13.1 Å². The predicted octanol–water partition coefficient (Wildman–Crippen LogP) is 0.690. The topological polar surface area (TPSA) is 49.4 Å². The van der Waals surface area contributed by atoms with Crippen LogP contribution in [0.2, 0.25) is 0 Å². The largest absolute Gasteiger partial charge is 0.340 e. The van der Waals surface area contributed by atoms with Crippen LogP contribution >= 0.6 is 0 Å². The number of piperazine rings is 1. The summed E-state index contributed by atoms with van der Waals surface area (Å²) in [5, 5.41) is 2.85. The minimum atomic E-state index is -0.656. The lowest BCUT2D eigenvalue weighted by atomic mass is 9.91. The summed E-state index contributed by atoms with van der Waals surface area (Å²) in [6.45, 7) is 6.27. The van der Waals surface area contributed by atoms with Gasteiger partial charge in [-0.05, 0) is 32.1 Å². The predicted molar refractivity (Wildman–Crippen MR) is 60.7 cm³/mol. The second-order valence-corrected chi connectivity index (χ2v) is 4.83. The van der Waals surface area contributed by atoms with E-state index in [9.17, 15) is 9.59 Å². The molecule has 0 aromatic rings. The average Bonchev–Trinajstić information content (AvgIpc) is 3.05. The zero-order valence-electron chi connectivity index (χ0n) is 9.66. The van der Waals surface area contributed by atoms with Gasteiger partial charge in [-0.15, -0.1) is 6.58 Å². The summed E-state index contributed by atoms with van der Waals surface area (Å²) in [6, 6.07) is 0. The van der Waals surface area contributed by atoms with Crippen LogP contribution in [0.15, 0.2) is 12.7 Å². The highest BCUT2D eigenvalue weighted by Crippen LogP contribution is 2.41. The number of carbonyl (C=O) groups is 2. The number of rotatable bonds is 4. The number of carbonyl (C=O) groups excluding carboxylic acids is 2. The van der Waals surface area contributed by atoms with E-state index in [1.165, 1.54) is 0 Å². The molecule has 1 heterocycles. The van der Waals surface area contributed by atoms with Crippen molar-refractivity contribution in [3.05, 3.63) is 12.7 Å². The van der Waals surface area contributed by atoms with Crippen LogP contribution < -0.4 is 5.32 Å². The Morgan fingerprint density at radius 1 is 1.56 bits per heavy atom. The Labute approximate surface area is 95.7 Å². The molecule has 1 saturated heterocycles. The van der Waals surface area contributed by atoms with Crippen molar-refractivity contribution < 1.29 is 9.59 Å². The van der Waals surface area contributed by atoms with E-state index in [0.717, 1.165) is 19.3 Å². The quantitative estimate of drug-likeness (QED) is 0.711. The van der Waals surface area contributed by atoms with Gasteiger partial charge in [0.25, 0.3) is 0 Å². The molecular formula is C12H18N2O2. The molecule has 0 aromatic heterocycles. The summed E-state index contributed by atoms with van der Waals surface area (Å²) in [5.41, 5.74) is -0.656. The summed E-state index contributed by atoms with van der Waals surface area (Å²) >= 11 is 0. The van der Waals surface area contributed by atoms with Crippen molar-refractivity contribution in [3.63, 3.8) is 0 Å². The molecule has 16 heavy (non-hydrogen) atoms. The maximum absolute atomic E-state index is 12.3. The molecule has 88 valence electrons. The third kappa shape index (κ3) is 1.84. The fourth-order valence-electron chi connectivity index (χ4n) is 2.32. The lowest BCUT2D eigenvalue weighted by Crippen LogP contribution is -2.66. The van der Waals surface area contributed by atoms with E-state index in [1.54, 1.807) is 11.0 Å². The van der Waals surface area contributed by atoms with Gasteiger partial charge in [0.15, 0.2) is 0 Å². The van der Waals surface area contributed by atoms with E-state index in [0.29, 0.717) is 12.5 Å². The normalized spacial score (nSPS) is 30.2. The first-order valence-corrected chi connectivity index (χ1v) is 5.79. The van der Waals surface area contributed by atoms with E-state index in [2.05, 4.69) is 11.9 Å². The Morgan fingerprint density at radius 2 is 2.25 bits per heavy atom. The fraction of sp³-hybridized carbons (Fsp3) is 0.667. The molecule has 4 nitrogen and oxygen atoms in total. The van der Waals surface area contributed by atoms with Crippen LogP contribution in [-0.4, -0.2) is 35.3 Å². The molecule has 1 atom stereocenters. The van der Waals surface area contributed by atoms with Gasteiger partial charge in [-0.25, -0.2) is 0 Å². The second kappa shape index (κ2) is 3.92. The van der Waals surface area contributed by atoms with Gasteiger partial charge in [-0.1, -0.05) is 6.08 Å². The van der Waals surface area contributed by atoms with Gasteiger partial charge in [0.1, 0.15) is 5.54 Å². The van der Waals surface area contributed by atoms with Gasteiger partial charge in [0, 0.05) is 6.54 Å². The molecule has 1 N–H and O–H groups in total. The van der Waals surface area contributed by atoms with Gasteiger partial charge in [0.05, 0.1) is 6.54 Å².